The van der Waals surface area contributed by atoms with Gasteiger partial charge in [0.2, 0.25) is 0 Å². The number of nitrogens with zero attached hydrogens (tertiary/aromatic N) is 2. The van der Waals surface area contributed by atoms with Crippen molar-refractivity contribution in [3.8, 4) is 0 Å². The molecular formula is C14H27N3. The van der Waals surface area contributed by atoms with E-state index < -0.39 is 0 Å². The summed E-state index contributed by atoms with van der Waals surface area (Å²) in [5, 5.41) is 8.01. The number of hydrogen-bond acceptors (Lipinski definition) is 2. The molecule has 1 atom stereocenters. The van der Waals surface area contributed by atoms with E-state index in [4.69, 9.17) is 0 Å². The van der Waals surface area contributed by atoms with Gasteiger partial charge >= 0.3 is 0 Å². The standard InChI is InChI=1S/C14H27N3/c1-4-7-8-9-13(15-11-5-2)14-10-12-16-17(14)6-3/h10,12-13,15H,4-9,11H2,1-3H3. The predicted molar refractivity (Wildman–Crippen MR) is 73.1 cm³/mol. The van der Waals surface area contributed by atoms with Gasteiger partial charge in [0, 0.05) is 18.8 Å². The van der Waals surface area contributed by atoms with Gasteiger partial charge in [-0.1, -0.05) is 33.1 Å². The van der Waals surface area contributed by atoms with Crippen LogP contribution in [0.25, 0.3) is 0 Å². The number of aromatic nitrogens is 2. The van der Waals surface area contributed by atoms with E-state index >= 15 is 0 Å². The summed E-state index contributed by atoms with van der Waals surface area (Å²) in [6, 6.07) is 2.63. The van der Waals surface area contributed by atoms with Crippen molar-refractivity contribution in [2.24, 2.45) is 0 Å². The Morgan fingerprint density at radius 1 is 1.24 bits per heavy atom. The van der Waals surface area contributed by atoms with Gasteiger partial charge in [-0.3, -0.25) is 4.68 Å². The first-order valence-corrected chi connectivity index (χ1v) is 7.08. The van der Waals surface area contributed by atoms with Gasteiger partial charge in [0.1, 0.15) is 0 Å². The Morgan fingerprint density at radius 3 is 2.71 bits per heavy atom. The van der Waals surface area contributed by atoms with Crippen molar-refractivity contribution in [1.82, 2.24) is 15.1 Å². The molecule has 0 fully saturated rings. The zero-order valence-corrected chi connectivity index (χ0v) is 11.6. The lowest BCUT2D eigenvalue weighted by atomic mass is 10.1. The lowest BCUT2D eigenvalue weighted by molar-refractivity contribution is 0.439. The molecule has 0 aliphatic heterocycles. The monoisotopic (exact) mass is 237 g/mol. The van der Waals surface area contributed by atoms with Crippen LogP contribution >= 0.6 is 0 Å². The summed E-state index contributed by atoms with van der Waals surface area (Å²) in [4.78, 5) is 0. The van der Waals surface area contributed by atoms with Crippen molar-refractivity contribution in [3.05, 3.63) is 18.0 Å². The lowest BCUT2D eigenvalue weighted by Gasteiger charge is -2.19. The number of aryl methyl sites for hydroxylation is 1. The van der Waals surface area contributed by atoms with Crippen molar-refractivity contribution >= 4 is 0 Å². The Bertz CT molecular complexity index is 293. The fourth-order valence-electron chi connectivity index (χ4n) is 2.17. The Labute approximate surface area is 106 Å². The average Bonchev–Trinajstić information content (AvgIpc) is 2.81. The van der Waals surface area contributed by atoms with Crippen LogP contribution in [-0.2, 0) is 6.54 Å². The van der Waals surface area contributed by atoms with Gasteiger partial charge < -0.3 is 5.32 Å². The SMILES string of the molecule is CCCCCC(NCCC)c1ccnn1CC. The highest BCUT2D eigenvalue weighted by atomic mass is 15.3. The summed E-state index contributed by atoms with van der Waals surface area (Å²) < 4.78 is 2.11. The van der Waals surface area contributed by atoms with E-state index in [0.717, 1.165) is 13.1 Å². The van der Waals surface area contributed by atoms with Gasteiger partial charge in [0.25, 0.3) is 0 Å². The minimum Gasteiger partial charge on any atom is -0.309 e. The third-order valence-corrected chi connectivity index (χ3v) is 3.14. The number of rotatable bonds is 9. The molecule has 0 aliphatic carbocycles. The third-order valence-electron chi connectivity index (χ3n) is 3.14. The van der Waals surface area contributed by atoms with Crippen LogP contribution in [-0.4, -0.2) is 16.3 Å². The first kappa shape index (κ1) is 14.2. The highest BCUT2D eigenvalue weighted by molar-refractivity contribution is 5.07. The number of hydrogen-bond donors (Lipinski definition) is 1. The van der Waals surface area contributed by atoms with Gasteiger partial charge in [-0.2, -0.15) is 5.10 Å². The van der Waals surface area contributed by atoms with Gasteiger partial charge in [-0.15, -0.1) is 0 Å². The Hall–Kier alpha value is -0.830. The zero-order chi connectivity index (χ0) is 12.5. The summed E-state index contributed by atoms with van der Waals surface area (Å²) in [7, 11) is 0. The molecule has 1 aromatic heterocycles. The second-order valence-electron chi connectivity index (χ2n) is 4.57. The molecule has 0 saturated carbocycles. The fraction of sp³-hybridized carbons (Fsp3) is 0.786. The lowest BCUT2D eigenvalue weighted by Crippen LogP contribution is -2.24. The highest BCUT2D eigenvalue weighted by Crippen LogP contribution is 2.19. The summed E-state index contributed by atoms with van der Waals surface area (Å²) in [6.07, 6.45) is 8.23. The van der Waals surface area contributed by atoms with Crippen LogP contribution in [0.4, 0.5) is 0 Å². The largest absolute Gasteiger partial charge is 0.309 e. The molecule has 0 aliphatic rings. The van der Waals surface area contributed by atoms with Crippen LogP contribution in [0, 0.1) is 0 Å². The van der Waals surface area contributed by atoms with E-state index in [1.165, 1.54) is 37.8 Å². The summed E-state index contributed by atoms with van der Waals surface area (Å²) in [6.45, 7) is 8.67. The molecule has 3 nitrogen and oxygen atoms in total. The normalized spacial score (nSPS) is 12.9. The topological polar surface area (TPSA) is 29.9 Å². The molecule has 98 valence electrons. The van der Waals surface area contributed by atoms with Crippen LogP contribution in [0.3, 0.4) is 0 Å². The van der Waals surface area contributed by atoms with E-state index in [2.05, 4.69) is 41.9 Å². The van der Waals surface area contributed by atoms with Gasteiger partial charge in [-0.25, -0.2) is 0 Å². The number of nitrogens with one attached hydrogen (secondary N) is 1. The van der Waals surface area contributed by atoms with Crippen molar-refractivity contribution in [2.75, 3.05) is 6.54 Å². The second-order valence-corrected chi connectivity index (χ2v) is 4.57. The highest BCUT2D eigenvalue weighted by Gasteiger charge is 2.14. The minimum atomic E-state index is 0.476. The molecule has 0 spiro atoms. The van der Waals surface area contributed by atoms with Gasteiger partial charge in [-0.05, 0) is 32.4 Å². The van der Waals surface area contributed by atoms with Crippen molar-refractivity contribution < 1.29 is 0 Å². The van der Waals surface area contributed by atoms with Crippen LogP contribution in [0.2, 0.25) is 0 Å². The second kappa shape index (κ2) is 8.29. The van der Waals surface area contributed by atoms with Crippen LogP contribution in [0.15, 0.2) is 12.3 Å². The van der Waals surface area contributed by atoms with Gasteiger partial charge in [0.15, 0.2) is 0 Å². The molecular weight excluding hydrogens is 210 g/mol. The maximum atomic E-state index is 4.37. The number of unbranched alkanes of at least 4 members (excludes halogenated alkanes) is 2. The first-order chi connectivity index (χ1) is 8.33. The molecule has 0 radical (unpaired) electrons. The first-order valence-electron chi connectivity index (χ1n) is 7.08. The van der Waals surface area contributed by atoms with E-state index in [1.54, 1.807) is 0 Å². The maximum Gasteiger partial charge on any atom is 0.0553 e. The summed E-state index contributed by atoms with van der Waals surface area (Å²) in [5.41, 5.74) is 1.34. The van der Waals surface area contributed by atoms with Crippen LogP contribution in [0.1, 0.15) is 64.6 Å². The van der Waals surface area contributed by atoms with Crippen LogP contribution < -0.4 is 5.32 Å². The molecule has 1 rings (SSSR count). The molecule has 0 bridgehead atoms. The quantitative estimate of drug-likeness (QED) is 0.666. The van der Waals surface area contributed by atoms with Gasteiger partial charge in [0.05, 0.1) is 5.69 Å². The third kappa shape index (κ3) is 4.50. The van der Waals surface area contributed by atoms with E-state index in [-0.39, 0.29) is 0 Å². The van der Waals surface area contributed by atoms with Crippen molar-refractivity contribution in [3.63, 3.8) is 0 Å². The molecule has 0 saturated heterocycles. The average molecular weight is 237 g/mol. The molecule has 0 amide bonds. The van der Waals surface area contributed by atoms with Crippen molar-refractivity contribution in [1.29, 1.82) is 0 Å². The van der Waals surface area contributed by atoms with Crippen LogP contribution in [0.5, 0.6) is 0 Å². The van der Waals surface area contributed by atoms with E-state index in [0.29, 0.717) is 6.04 Å². The van der Waals surface area contributed by atoms with Crippen molar-refractivity contribution in [2.45, 2.75) is 65.5 Å². The molecule has 1 unspecified atom stereocenters. The molecule has 1 heterocycles. The van der Waals surface area contributed by atoms with E-state index in [1.807, 2.05) is 6.20 Å². The predicted octanol–water partition coefficient (Wildman–Crippen LogP) is 3.52. The van der Waals surface area contributed by atoms with E-state index in [9.17, 15) is 0 Å². The molecule has 1 N–H and O–H groups in total. The fourth-order valence-corrected chi connectivity index (χ4v) is 2.17. The molecule has 3 heteroatoms. The summed E-state index contributed by atoms with van der Waals surface area (Å²) >= 11 is 0. The zero-order valence-electron chi connectivity index (χ0n) is 11.6. The Morgan fingerprint density at radius 2 is 2.06 bits per heavy atom. The molecule has 1 aromatic rings. The molecule has 17 heavy (non-hydrogen) atoms. The smallest absolute Gasteiger partial charge is 0.0553 e. The Kier molecular flexibility index (Phi) is 6.94. The maximum absolute atomic E-state index is 4.37. The molecule has 0 aromatic carbocycles. The minimum absolute atomic E-state index is 0.476. The summed E-state index contributed by atoms with van der Waals surface area (Å²) in [5.74, 6) is 0. The Balaban J connectivity index is 2.60.